The molecule has 0 aliphatic carbocycles. The van der Waals surface area contributed by atoms with Crippen molar-refractivity contribution < 1.29 is 76.1 Å². The summed E-state index contributed by atoms with van der Waals surface area (Å²) in [5.41, 5.74) is 3.93. The van der Waals surface area contributed by atoms with E-state index in [-0.39, 0.29) is 48.4 Å². The zero-order valence-electron chi connectivity index (χ0n) is 40.2. The van der Waals surface area contributed by atoms with E-state index >= 15 is 0 Å². The van der Waals surface area contributed by atoms with Gasteiger partial charge in [0.15, 0.2) is 5.71 Å². The molecule has 3 aliphatic rings. The molecule has 6 rings (SSSR count). The zero-order valence-corrected chi connectivity index (χ0v) is 44.4. The van der Waals surface area contributed by atoms with E-state index in [1.54, 1.807) is 0 Å². The number of H-pyrrole nitrogens is 1. The number of amides is 1. The van der Waals surface area contributed by atoms with Crippen molar-refractivity contribution in [3.63, 3.8) is 0 Å². The number of aromatic amines is 1. The van der Waals surface area contributed by atoms with Crippen molar-refractivity contribution in [1.29, 1.82) is 0 Å². The quantitative estimate of drug-likeness (QED) is 0.0292. The highest BCUT2D eigenvalue weighted by Crippen LogP contribution is 2.68. The number of carbonyl (C=O) groups excluding carboxylic acids is 1. The number of aromatic nitrogens is 2. The summed E-state index contributed by atoms with van der Waals surface area (Å²) in [6.07, 6.45) is 11.5. The molecule has 0 spiro atoms. The molecule has 1 aromatic heterocycles. The van der Waals surface area contributed by atoms with Crippen molar-refractivity contribution >= 4 is 76.4 Å². The van der Waals surface area contributed by atoms with E-state index in [9.17, 15) is 53.6 Å². The van der Waals surface area contributed by atoms with Crippen LogP contribution in [0.5, 0.6) is 0 Å². The number of aliphatic hydroxyl groups excluding tert-OH is 2. The number of unbranched alkanes of at least 4 members (excludes halogenated alkanes) is 2. The van der Waals surface area contributed by atoms with Gasteiger partial charge >= 0.3 is 21.7 Å². The Morgan fingerprint density at radius 3 is 2.41 bits per heavy atom. The summed E-state index contributed by atoms with van der Waals surface area (Å²) in [4.78, 5) is 104. The van der Waals surface area contributed by atoms with Crippen LogP contribution in [0.15, 0.2) is 94.5 Å². The molecule has 1 fully saturated rings. The number of phosphoric ester groups is 1. The maximum atomic E-state index is 12.8. The number of phosphoric acid groups is 3. The predicted molar refractivity (Wildman–Crippen MR) is 268 cm³/mol. The normalized spacial score (nSPS) is 21.7. The molecule has 1 saturated heterocycles. The number of hydrogen-bond donors (Lipinski definition) is 7. The molecule has 3 aromatic rings. The lowest BCUT2D eigenvalue weighted by Gasteiger charge is -2.27. The van der Waals surface area contributed by atoms with E-state index in [2.05, 4.69) is 72.8 Å². The highest BCUT2D eigenvalue weighted by Gasteiger charge is 2.48. The predicted octanol–water partition coefficient (Wildman–Crippen LogP) is 3.59. The first-order valence-electron chi connectivity index (χ1n) is 22.9. The van der Waals surface area contributed by atoms with Crippen LogP contribution in [0.2, 0.25) is 10.0 Å². The number of carbonyl (C=O) groups is 1. The van der Waals surface area contributed by atoms with Gasteiger partial charge in [0, 0.05) is 82.8 Å². The van der Waals surface area contributed by atoms with Gasteiger partial charge in [-0.05, 0) is 74.7 Å². The number of halogens is 2. The molecule has 0 bridgehead atoms. The SMILES string of the molecule is CC1(C)C(/C=C/C=C/C=C2\N(CCOCCO)c3ccc(Cl)cc3C2(C)C)=[N+](CCCCCC(=O)N/C=C/c2cn([C@H]3CC(O)[C@@H](CO[P+]([O-])(O)OP(=O)(O)O[P+]([O-])([O-])O)O3)c(=O)[nH]c2=O)c2ccc(Cl)cc21. The maximum absolute atomic E-state index is 12.8. The maximum Gasteiger partial charge on any atom is 0.546 e. The smallest absolute Gasteiger partial charge is 0.546 e. The van der Waals surface area contributed by atoms with Gasteiger partial charge in [0.2, 0.25) is 19.8 Å². The van der Waals surface area contributed by atoms with Crippen molar-refractivity contribution in [3.05, 3.63) is 132 Å². The molecule has 398 valence electrons. The molecule has 3 aliphatic heterocycles. The third-order valence-electron chi connectivity index (χ3n) is 12.3. The monoisotopic (exact) mass is 1120 g/mol. The van der Waals surface area contributed by atoms with Crippen LogP contribution >= 0.6 is 47.4 Å². The minimum Gasteiger partial charge on any atom is -0.634 e. The molecule has 1 amide bonds. The summed E-state index contributed by atoms with van der Waals surface area (Å²) in [5, 5.41) is 23.6. The molecule has 2 aromatic carbocycles. The van der Waals surface area contributed by atoms with Gasteiger partial charge in [-0.3, -0.25) is 24.0 Å². The van der Waals surface area contributed by atoms with Gasteiger partial charge < -0.3 is 44.6 Å². The van der Waals surface area contributed by atoms with E-state index in [0.717, 1.165) is 51.1 Å². The molecule has 0 saturated carbocycles. The highest BCUT2D eigenvalue weighted by molar-refractivity contribution is 7.69. The van der Waals surface area contributed by atoms with Crippen LogP contribution in [0.4, 0.5) is 11.4 Å². The van der Waals surface area contributed by atoms with Gasteiger partial charge in [0.05, 0.1) is 36.9 Å². The van der Waals surface area contributed by atoms with E-state index in [1.807, 2.05) is 54.6 Å². The molecule has 7 N–H and O–H groups in total. The molecule has 3 unspecified atom stereocenters. The second kappa shape index (κ2) is 24.4. The Bertz CT molecular complexity index is 2830. The van der Waals surface area contributed by atoms with Crippen molar-refractivity contribution in [2.24, 2.45) is 0 Å². The molecule has 22 nitrogen and oxygen atoms in total. The molecule has 4 heterocycles. The van der Waals surface area contributed by atoms with Crippen LogP contribution in [0.3, 0.4) is 0 Å². The first kappa shape index (κ1) is 58.4. The van der Waals surface area contributed by atoms with E-state index in [0.29, 0.717) is 42.6 Å². The minimum absolute atomic E-state index is 0.0468. The number of allylic oxidation sites excluding steroid dienone is 6. The van der Waals surface area contributed by atoms with Crippen molar-refractivity contribution in [2.75, 3.05) is 44.4 Å². The Kier molecular flexibility index (Phi) is 19.6. The van der Waals surface area contributed by atoms with Crippen molar-refractivity contribution in [3.8, 4) is 0 Å². The van der Waals surface area contributed by atoms with Crippen LogP contribution in [-0.4, -0.2) is 102 Å². The number of hydrogen-bond acceptors (Lipinski definition) is 17. The molecule has 0 radical (unpaired) electrons. The number of fused-ring (bicyclic) bond motifs is 2. The number of ether oxygens (including phenoxy) is 2. The molecule has 73 heavy (non-hydrogen) atoms. The van der Waals surface area contributed by atoms with Crippen LogP contribution in [0, 0.1) is 0 Å². The Morgan fingerprint density at radius 1 is 0.986 bits per heavy atom. The standard InChI is InChI=1S/C46H58Cl2N5O17P3/c1-45(2)33-25-31(47)14-16-35(33)51(39(45)11-7-5-8-12-40-46(3,4)34-26-32(48)15-17-36(34)52(40)21-23-66-24-22-54)20-10-6-9-13-41(56)49-19-18-30-28-53(44(58)50-43(30)57)42-27-37(55)38(68-42)29-67-72(62,63)70-73(64,65)69-71(59,60)61/h5,7-8,11-12,14-19,25-26,28,37-38,42,54-55H,6,9-10,13,20-24,27,29H2,1-4H3,(H5-,49,50,56,57,58,59,60,61,62,63,64,65)/b19-18+/t37?,38-,42-/m1/s1. The van der Waals surface area contributed by atoms with E-state index in [1.165, 1.54) is 12.3 Å². The van der Waals surface area contributed by atoms with Gasteiger partial charge in [-0.15, -0.1) is 4.31 Å². The van der Waals surface area contributed by atoms with E-state index in [4.69, 9.17) is 37.6 Å². The summed E-state index contributed by atoms with van der Waals surface area (Å²) in [5.74, 6) is -0.329. The van der Waals surface area contributed by atoms with Crippen LogP contribution < -0.4 is 36.1 Å². The first-order chi connectivity index (χ1) is 34.2. The Hall–Kier alpha value is -3.83. The topological polar surface area (TPSA) is 324 Å². The minimum atomic E-state index is -5.87. The summed E-state index contributed by atoms with van der Waals surface area (Å²) in [6, 6.07) is 11.8. The number of nitrogens with one attached hydrogen (secondary N) is 2. The van der Waals surface area contributed by atoms with E-state index < -0.39 is 60.5 Å². The average Bonchev–Trinajstić information content (AvgIpc) is 3.83. The third-order valence-corrected chi connectivity index (χ3v) is 16.5. The van der Waals surface area contributed by atoms with Gasteiger partial charge in [0.1, 0.15) is 25.5 Å². The fourth-order valence-corrected chi connectivity index (χ4v) is 12.2. The number of anilines is 1. The largest absolute Gasteiger partial charge is 0.634 e. The van der Waals surface area contributed by atoms with Gasteiger partial charge in [-0.1, -0.05) is 59.6 Å². The second-order valence-corrected chi connectivity index (χ2v) is 23.4. The van der Waals surface area contributed by atoms with Gasteiger partial charge in [0.25, 0.3) is 5.56 Å². The van der Waals surface area contributed by atoms with Crippen LogP contribution in [-0.2, 0) is 42.8 Å². The van der Waals surface area contributed by atoms with Crippen molar-refractivity contribution in [2.45, 2.75) is 89.1 Å². The van der Waals surface area contributed by atoms with Gasteiger partial charge in [-0.2, -0.15) is 14.0 Å². The number of nitrogens with zero attached hydrogens (tertiary/aromatic N) is 3. The van der Waals surface area contributed by atoms with Crippen LogP contribution in [0.1, 0.15) is 82.7 Å². The summed E-state index contributed by atoms with van der Waals surface area (Å²) < 4.78 is 37.7. The van der Waals surface area contributed by atoms with Crippen molar-refractivity contribution in [1.82, 2.24) is 14.9 Å². The number of rotatable bonds is 24. The van der Waals surface area contributed by atoms with Crippen LogP contribution in [0.25, 0.3) is 6.08 Å². The summed E-state index contributed by atoms with van der Waals surface area (Å²) >= 11 is 12.9. The third kappa shape index (κ3) is 15.2. The Labute approximate surface area is 431 Å². The average molecular weight is 1120 g/mol. The fraction of sp³-hybridized carbons (Fsp3) is 0.435. The van der Waals surface area contributed by atoms with Gasteiger partial charge in [-0.25, -0.2) is 14.3 Å². The lowest BCUT2D eigenvalue weighted by Crippen LogP contribution is -2.33. The summed E-state index contributed by atoms with van der Waals surface area (Å²) in [6.45, 7) is 9.59. The molecular weight excluding hydrogens is 1060 g/mol. The lowest BCUT2D eigenvalue weighted by molar-refractivity contribution is -0.438. The zero-order chi connectivity index (χ0) is 53.5. The Morgan fingerprint density at radius 2 is 1.70 bits per heavy atom. The lowest BCUT2D eigenvalue weighted by atomic mass is 9.81. The number of aliphatic hydroxyl groups is 2. The number of benzene rings is 2. The highest BCUT2D eigenvalue weighted by atomic mass is 35.5. The molecular formula is C46H58Cl2N5O17P3. The first-order valence-corrected chi connectivity index (χ1v) is 28.2. The summed E-state index contributed by atoms with van der Waals surface area (Å²) in [7, 11) is -17.3. The molecule has 5 atom stereocenters. The fourth-order valence-electron chi connectivity index (χ4n) is 8.82. The molecule has 27 heteroatoms. The Balaban J connectivity index is 1.04. The second-order valence-electron chi connectivity index (χ2n) is 18.2.